The van der Waals surface area contributed by atoms with E-state index in [1.807, 2.05) is 13.8 Å². The normalized spacial score (nSPS) is 12.3. The van der Waals surface area contributed by atoms with Gasteiger partial charge >= 0.3 is 5.97 Å². The van der Waals surface area contributed by atoms with Crippen molar-refractivity contribution in [2.75, 3.05) is 7.11 Å². The molecule has 6 heteroatoms. The maximum absolute atomic E-state index is 12.0. The van der Waals surface area contributed by atoms with E-state index in [0.717, 1.165) is 5.69 Å². The van der Waals surface area contributed by atoms with Crippen molar-refractivity contribution < 1.29 is 14.3 Å². The molecule has 0 radical (unpaired) electrons. The first-order chi connectivity index (χ1) is 8.36. The maximum atomic E-state index is 12.0. The standard InChI is InChI=1S/C12H19N3O3/c1-7(2)10(12(17)18-5)13-11(16)9-6-8(3)14-15(9)4/h6-7,10H,1-5H3,(H,13,16). The van der Waals surface area contributed by atoms with Crippen molar-refractivity contribution in [3.05, 3.63) is 17.5 Å². The molecule has 0 aliphatic heterocycles. The van der Waals surface area contributed by atoms with Crippen molar-refractivity contribution in [3.63, 3.8) is 0 Å². The SMILES string of the molecule is COC(=O)C(NC(=O)c1cc(C)nn1C)C(C)C. The Hall–Kier alpha value is -1.85. The summed E-state index contributed by atoms with van der Waals surface area (Å²) in [6.45, 7) is 5.49. The van der Waals surface area contributed by atoms with E-state index in [1.165, 1.54) is 11.8 Å². The minimum Gasteiger partial charge on any atom is -0.467 e. The van der Waals surface area contributed by atoms with Crippen LogP contribution in [0.3, 0.4) is 0 Å². The number of aromatic nitrogens is 2. The number of carbonyl (C=O) groups excluding carboxylic acids is 2. The summed E-state index contributed by atoms with van der Waals surface area (Å²) in [5, 5.41) is 6.75. The number of nitrogens with zero attached hydrogens (tertiary/aromatic N) is 2. The van der Waals surface area contributed by atoms with Gasteiger partial charge in [-0.05, 0) is 18.9 Å². The number of nitrogens with one attached hydrogen (secondary N) is 1. The second-order valence-corrected chi connectivity index (χ2v) is 4.51. The van der Waals surface area contributed by atoms with Gasteiger partial charge in [0.05, 0.1) is 12.8 Å². The molecule has 1 rings (SSSR count). The fourth-order valence-corrected chi connectivity index (χ4v) is 1.66. The number of amides is 1. The van der Waals surface area contributed by atoms with Gasteiger partial charge in [0.15, 0.2) is 0 Å². The van der Waals surface area contributed by atoms with E-state index in [4.69, 9.17) is 0 Å². The molecule has 1 amide bonds. The highest BCUT2D eigenvalue weighted by Gasteiger charge is 2.26. The Morgan fingerprint density at radius 1 is 1.44 bits per heavy atom. The van der Waals surface area contributed by atoms with Gasteiger partial charge in [0.1, 0.15) is 11.7 Å². The van der Waals surface area contributed by atoms with Crippen LogP contribution in [0, 0.1) is 12.8 Å². The first kappa shape index (κ1) is 14.2. The van der Waals surface area contributed by atoms with E-state index < -0.39 is 12.0 Å². The average Bonchev–Trinajstić information content (AvgIpc) is 2.63. The molecule has 1 atom stereocenters. The van der Waals surface area contributed by atoms with E-state index in [9.17, 15) is 9.59 Å². The predicted octanol–water partition coefficient (Wildman–Crippen LogP) is 0.656. The first-order valence-electron chi connectivity index (χ1n) is 5.76. The van der Waals surface area contributed by atoms with Crippen molar-refractivity contribution >= 4 is 11.9 Å². The van der Waals surface area contributed by atoms with Crippen LogP contribution in [0.1, 0.15) is 30.0 Å². The molecule has 0 fully saturated rings. The van der Waals surface area contributed by atoms with Crippen LogP contribution >= 0.6 is 0 Å². The third kappa shape index (κ3) is 3.09. The summed E-state index contributed by atoms with van der Waals surface area (Å²) in [6, 6.07) is 1.02. The monoisotopic (exact) mass is 253 g/mol. The van der Waals surface area contributed by atoms with Crippen LogP contribution in [0.5, 0.6) is 0 Å². The van der Waals surface area contributed by atoms with Crippen LogP contribution in [-0.4, -0.2) is 34.8 Å². The molecule has 6 nitrogen and oxygen atoms in total. The van der Waals surface area contributed by atoms with Gasteiger partial charge in [-0.15, -0.1) is 0 Å². The van der Waals surface area contributed by atoms with Crippen LogP contribution < -0.4 is 5.32 Å². The smallest absolute Gasteiger partial charge is 0.328 e. The largest absolute Gasteiger partial charge is 0.467 e. The van der Waals surface area contributed by atoms with Gasteiger partial charge in [0.25, 0.3) is 5.91 Å². The van der Waals surface area contributed by atoms with Crippen LogP contribution in [0.2, 0.25) is 0 Å². The lowest BCUT2D eigenvalue weighted by molar-refractivity contribution is -0.144. The van der Waals surface area contributed by atoms with Crippen molar-refractivity contribution in [1.82, 2.24) is 15.1 Å². The van der Waals surface area contributed by atoms with Gasteiger partial charge in [0.2, 0.25) is 0 Å². The minimum absolute atomic E-state index is 0.0456. The Morgan fingerprint density at radius 3 is 2.44 bits per heavy atom. The second-order valence-electron chi connectivity index (χ2n) is 4.51. The summed E-state index contributed by atoms with van der Waals surface area (Å²) in [7, 11) is 2.99. The van der Waals surface area contributed by atoms with E-state index in [2.05, 4.69) is 15.2 Å². The quantitative estimate of drug-likeness (QED) is 0.800. The van der Waals surface area contributed by atoms with E-state index in [-0.39, 0.29) is 11.8 Å². The molecule has 0 bridgehead atoms. The minimum atomic E-state index is -0.655. The van der Waals surface area contributed by atoms with Gasteiger partial charge in [-0.1, -0.05) is 13.8 Å². The first-order valence-corrected chi connectivity index (χ1v) is 5.76. The van der Waals surface area contributed by atoms with Crippen LogP contribution in [0.15, 0.2) is 6.07 Å². The highest BCUT2D eigenvalue weighted by molar-refractivity contribution is 5.95. The molecule has 0 aromatic carbocycles. The molecule has 1 unspecified atom stereocenters. The summed E-state index contributed by atoms with van der Waals surface area (Å²) < 4.78 is 6.16. The number of aryl methyl sites for hydroxylation is 2. The summed E-state index contributed by atoms with van der Waals surface area (Å²) in [6.07, 6.45) is 0. The summed E-state index contributed by atoms with van der Waals surface area (Å²) in [5.41, 5.74) is 1.17. The zero-order valence-electron chi connectivity index (χ0n) is 11.4. The molecule has 18 heavy (non-hydrogen) atoms. The molecule has 1 heterocycles. The number of hydrogen-bond donors (Lipinski definition) is 1. The topological polar surface area (TPSA) is 73.2 Å². The summed E-state index contributed by atoms with van der Waals surface area (Å²) >= 11 is 0. The summed E-state index contributed by atoms with van der Waals surface area (Å²) in [4.78, 5) is 23.6. The molecule has 0 saturated carbocycles. The van der Waals surface area contributed by atoms with E-state index in [1.54, 1.807) is 20.0 Å². The molecule has 1 N–H and O–H groups in total. The highest BCUT2D eigenvalue weighted by Crippen LogP contribution is 2.07. The van der Waals surface area contributed by atoms with Crippen LogP contribution in [-0.2, 0) is 16.6 Å². The second kappa shape index (κ2) is 5.66. The van der Waals surface area contributed by atoms with Crippen LogP contribution in [0.25, 0.3) is 0 Å². The van der Waals surface area contributed by atoms with Gasteiger partial charge in [-0.2, -0.15) is 5.10 Å². The zero-order chi connectivity index (χ0) is 13.9. The lowest BCUT2D eigenvalue weighted by atomic mass is 10.0. The van der Waals surface area contributed by atoms with Gasteiger partial charge in [0, 0.05) is 7.05 Å². The molecule has 1 aromatic heterocycles. The Kier molecular flexibility index (Phi) is 4.47. The Morgan fingerprint density at radius 2 is 2.06 bits per heavy atom. The average molecular weight is 253 g/mol. The molecular formula is C12H19N3O3. The Bertz CT molecular complexity index is 451. The Balaban J connectivity index is 2.85. The molecular weight excluding hydrogens is 234 g/mol. The van der Waals surface area contributed by atoms with Crippen molar-refractivity contribution in [2.24, 2.45) is 13.0 Å². The molecule has 100 valence electrons. The van der Waals surface area contributed by atoms with E-state index >= 15 is 0 Å². The molecule has 0 saturated heterocycles. The lowest BCUT2D eigenvalue weighted by Crippen LogP contribution is -2.45. The Labute approximate surface area is 106 Å². The van der Waals surface area contributed by atoms with Crippen LogP contribution in [0.4, 0.5) is 0 Å². The van der Waals surface area contributed by atoms with E-state index in [0.29, 0.717) is 5.69 Å². The fraction of sp³-hybridized carbons (Fsp3) is 0.583. The molecule has 0 spiro atoms. The number of ether oxygens (including phenoxy) is 1. The molecule has 0 aliphatic carbocycles. The zero-order valence-corrected chi connectivity index (χ0v) is 11.4. The van der Waals surface area contributed by atoms with Gasteiger partial charge in [-0.25, -0.2) is 4.79 Å². The molecule has 1 aromatic rings. The van der Waals surface area contributed by atoms with Gasteiger partial charge < -0.3 is 10.1 Å². The fourth-order valence-electron chi connectivity index (χ4n) is 1.66. The third-order valence-electron chi connectivity index (χ3n) is 2.64. The number of carbonyl (C=O) groups is 2. The van der Waals surface area contributed by atoms with Crippen molar-refractivity contribution in [3.8, 4) is 0 Å². The van der Waals surface area contributed by atoms with Crippen molar-refractivity contribution in [2.45, 2.75) is 26.8 Å². The number of hydrogen-bond acceptors (Lipinski definition) is 4. The number of esters is 1. The van der Waals surface area contributed by atoms with Gasteiger partial charge in [-0.3, -0.25) is 9.48 Å². The molecule has 0 aliphatic rings. The predicted molar refractivity (Wildman–Crippen MR) is 66.1 cm³/mol. The number of rotatable bonds is 4. The maximum Gasteiger partial charge on any atom is 0.328 e. The third-order valence-corrected chi connectivity index (χ3v) is 2.64. The highest BCUT2D eigenvalue weighted by atomic mass is 16.5. The number of methoxy groups -OCH3 is 1. The lowest BCUT2D eigenvalue weighted by Gasteiger charge is -2.19. The summed E-state index contributed by atoms with van der Waals surface area (Å²) in [5.74, 6) is -0.824. The van der Waals surface area contributed by atoms with Crippen molar-refractivity contribution in [1.29, 1.82) is 0 Å².